The van der Waals surface area contributed by atoms with Crippen LogP contribution in [0.3, 0.4) is 0 Å². The summed E-state index contributed by atoms with van der Waals surface area (Å²) in [7, 11) is 0. The Morgan fingerprint density at radius 2 is 2.21 bits per heavy atom. The highest BCUT2D eigenvalue weighted by atomic mass is 79.9. The molecule has 0 saturated carbocycles. The fourth-order valence-electron chi connectivity index (χ4n) is 1.34. The molecule has 0 radical (unpaired) electrons. The summed E-state index contributed by atoms with van der Waals surface area (Å²) < 4.78 is 38.4. The largest absolute Gasteiger partial charge is 0.436 e. The van der Waals surface area contributed by atoms with E-state index in [-0.39, 0.29) is 23.3 Å². The Kier molecular flexibility index (Phi) is 5.80. The van der Waals surface area contributed by atoms with Gasteiger partial charge in [0.1, 0.15) is 0 Å². The molecule has 0 aliphatic heterocycles. The quantitative estimate of drug-likeness (QED) is 0.770. The molecule has 0 aliphatic carbocycles. The minimum absolute atomic E-state index is 0.0655. The van der Waals surface area contributed by atoms with Crippen LogP contribution >= 0.6 is 15.9 Å². The summed E-state index contributed by atoms with van der Waals surface area (Å²) >= 11 is 2.79. The first kappa shape index (κ1) is 16.0. The third-order valence-electron chi connectivity index (χ3n) is 2.26. The first-order chi connectivity index (χ1) is 8.84. The fraction of sp³-hybridized carbons (Fsp3) is 0.600. The van der Waals surface area contributed by atoms with E-state index in [0.717, 1.165) is 4.68 Å². The summed E-state index contributed by atoms with van der Waals surface area (Å²) in [5.74, 6) is -0.242. The normalized spacial score (nSPS) is 11.6. The molecule has 1 amide bonds. The van der Waals surface area contributed by atoms with Crippen LogP contribution in [0, 0.1) is 0 Å². The number of aryl methyl sites for hydroxylation is 1. The molecule has 0 aromatic carbocycles. The number of carbonyl (C=O) groups excluding carboxylic acids is 1. The summed E-state index contributed by atoms with van der Waals surface area (Å²) in [6, 6.07) is 0. The Labute approximate surface area is 116 Å². The van der Waals surface area contributed by atoms with Crippen molar-refractivity contribution >= 4 is 21.8 Å². The Morgan fingerprint density at radius 1 is 1.53 bits per heavy atom. The second-order valence-electron chi connectivity index (χ2n) is 3.83. The molecule has 1 aromatic rings. The van der Waals surface area contributed by atoms with Crippen molar-refractivity contribution in [3.63, 3.8) is 0 Å². The summed E-state index contributed by atoms with van der Waals surface area (Å²) in [5.41, 5.74) is 4.27. The Morgan fingerprint density at radius 3 is 2.74 bits per heavy atom. The maximum atomic E-state index is 12.5. The van der Waals surface area contributed by atoms with E-state index in [2.05, 4.69) is 26.3 Å². The maximum Gasteiger partial charge on any atom is 0.436 e. The highest BCUT2D eigenvalue weighted by Crippen LogP contribution is 2.33. The zero-order chi connectivity index (χ0) is 14.5. The van der Waals surface area contributed by atoms with Crippen LogP contribution in [0.4, 0.5) is 13.2 Å². The molecule has 19 heavy (non-hydrogen) atoms. The molecule has 1 heterocycles. The van der Waals surface area contributed by atoms with E-state index in [4.69, 9.17) is 5.73 Å². The molecule has 0 aliphatic rings. The molecule has 0 spiro atoms. The second kappa shape index (κ2) is 6.90. The van der Waals surface area contributed by atoms with Gasteiger partial charge in [0, 0.05) is 25.7 Å². The minimum atomic E-state index is -4.51. The fourth-order valence-corrected chi connectivity index (χ4v) is 1.88. The summed E-state index contributed by atoms with van der Waals surface area (Å²) in [5, 5.41) is 6.01. The van der Waals surface area contributed by atoms with E-state index in [1.54, 1.807) is 0 Å². The van der Waals surface area contributed by atoms with Gasteiger partial charge in [-0.1, -0.05) is 0 Å². The van der Waals surface area contributed by atoms with Crippen molar-refractivity contribution in [2.45, 2.75) is 25.6 Å². The van der Waals surface area contributed by atoms with E-state index < -0.39 is 11.9 Å². The maximum absolute atomic E-state index is 12.5. The number of halogens is 4. The number of rotatable bonds is 6. The number of nitrogens with zero attached hydrogens (tertiary/aromatic N) is 2. The minimum Gasteiger partial charge on any atom is -0.356 e. The van der Waals surface area contributed by atoms with Crippen LogP contribution in [-0.4, -0.2) is 28.8 Å². The van der Waals surface area contributed by atoms with Gasteiger partial charge in [-0.15, -0.1) is 0 Å². The zero-order valence-corrected chi connectivity index (χ0v) is 11.6. The van der Waals surface area contributed by atoms with Crippen LogP contribution in [0.1, 0.15) is 18.5 Å². The Hall–Kier alpha value is -1.09. The summed E-state index contributed by atoms with van der Waals surface area (Å²) in [6.45, 7) is 1.02. The first-order valence-corrected chi connectivity index (χ1v) is 6.41. The van der Waals surface area contributed by atoms with Crippen LogP contribution in [0.2, 0.25) is 0 Å². The van der Waals surface area contributed by atoms with Crippen LogP contribution in [0.15, 0.2) is 10.7 Å². The topological polar surface area (TPSA) is 72.9 Å². The molecular weight excluding hydrogens is 329 g/mol. The molecule has 1 aromatic heterocycles. The van der Waals surface area contributed by atoms with Crippen molar-refractivity contribution in [2.24, 2.45) is 5.73 Å². The lowest BCUT2D eigenvalue weighted by atomic mass is 10.3. The lowest BCUT2D eigenvalue weighted by Crippen LogP contribution is -2.26. The second-order valence-corrected chi connectivity index (χ2v) is 4.68. The van der Waals surface area contributed by atoms with Gasteiger partial charge in [0.25, 0.3) is 0 Å². The van der Waals surface area contributed by atoms with Crippen molar-refractivity contribution in [3.8, 4) is 0 Å². The number of amides is 1. The molecule has 0 atom stereocenters. The monoisotopic (exact) mass is 342 g/mol. The predicted molar refractivity (Wildman–Crippen MR) is 66.2 cm³/mol. The van der Waals surface area contributed by atoms with E-state index in [9.17, 15) is 18.0 Å². The van der Waals surface area contributed by atoms with Gasteiger partial charge >= 0.3 is 6.18 Å². The van der Waals surface area contributed by atoms with Crippen LogP contribution in [0.25, 0.3) is 0 Å². The summed E-state index contributed by atoms with van der Waals surface area (Å²) in [6.07, 6.45) is -2.57. The average Bonchev–Trinajstić information content (AvgIpc) is 2.68. The summed E-state index contributed by atoms with van der Waals surface area (Å²) in [4.78, 5) is 11.4. The Bertz CT molecular complexity index is 433. The number of nitrogens with one attached hydrogen (secondary N) is 1. The first-order valence-electron chi connectivity index (χ1n) is 5.61. The van der Waals surface area contributed by atoms with Crippen molar-refractivity contribution in [1.82, 2.24) is 15.1 Å². The van der Waals surface area contributed by atoms with Gasteiger partial charge in [-0.3, -0.25) is 9.48 Å². The van der Waals surface area contributed by atoms with Crippen molar-refractivity contribution in [1.29, 1.82) is 0 Å². The highest BCUT2D eigenvalue weighted by molar-refractivity contribution is 9.10. The van der Waals surface area contributed by atoms with Gasteiger partial charge in [0.15, 0.2) is 5.69 Å². The molecule has 0 fully saturated rings. The predicted octanol–water partition coefficient (Wildman–Crippen LogP) is 1.52. The van der Waals surface area contributed by atoms with Gasteiger partial charge < -0.3 is 11.1 Å². The van der Waals surface area contributed by atoms with Gasteiger partial charge in [-0.2, -0.15) is 18.3 Å². The number of alkyl halides is 3. The lowest BCUT2D eigenvalue weighted by molar-refractivity contribution is -0.142. The van der Waals surface area contributed by atoms with Gasteiger partial charge in [-0.25, -0.2) is 0 Å². The molecule has 3 N–H and O–H groups in total. The van der Waals surface area contributed by atoms with Gasteiger partial charge in [0.2, 0.25) is 5.91 Å². The van der Waals surface area contributed by atoms with Gasteiger partial charge in [-0.05, 0) is 28.9 Å². The molecule has 0 saturated heterocycles. The molecule has 9 heteroatoms. The van der Waals surface area contributed by atoms with E-state index in [0.29, 0.717) is 19.5 Å². The van der Waals surface area contributed by atoms with E-state index in [1.165, 1.54) is 6.20 Å². The van der Waals surface area contributed by atoms with Crippen LogP contribution in [-0.2, 0) is 17.5 Å². The number of hydrogen-bond donors (Lipinski definition) is 2. The van der Waals surface area contributed by atoms with Crippen molar-refractivity contribution in [3.05, 3.63) is 16.4 Å². The molecular formula is C10H14BrF3N4O. The standard InChI is InChI=1S/C10H14BrF3N4O/c11-7-6-18(17-9(7)10(12,13)14)5-2-8(19)16-4-1-3-15/h6H,1-5,15H2,(H,16,19). The zero-order valence-electron chi connectivity index (χ0n) is 10.0. The smallest absolute Gasteiger partial charge is 0.356 e. The van der Waals surface area contributed by atoms with Crippen LogP contribution < -0.4 is 11.1 Å². The average molecular weight is 343 g/mol. The third kappa shape index (κ3) is 5.19. The SMILES string of the molecule is NCCCNC(=O)CCn1cc(Br)c(C(F)(F)F)n1. The lowest BCUT2D eigenvalue weighted by Gasteiger charge is -2.04. The van der Waals surface area contributed by atoms with Crippen molar-refractivity contribution < 1.29 is 18.0 Å². The molecule has 0 bridgehead atoms. The number of aromatic nitrogens is 2. The van der Waals surface area contributed by atoms with Crippen molar-refractivity contribution in [2.75, 3.05) is 13.1 Å². The highest BCUT2D eigenvalue weighted by Gasteiger charge is 2.36. The molecule has 1 rings (SSSR count). The van der Waals surface area contributed by atoms with E-state index >= 15 is 0 Å². The van der Waals surface area contributed by atoms with E-state index in [1.807, 2.05) is 0 Å². The van der Waals surface area contributed by atoms with Gasteiger partial charge in [0.05, 0.1) is 4.47 Å². The Balaban J connectivity index is 2.48. The third-order valence-corrected chi connectivity index (χ3v) is 2.84. The molecule has 0 unspecified atom stereocenters. The molecule has 5 nitrogen and oxygen atoms in total. The number of hydrogen-bond acceptors (Lipinski definition) is 3. The molecule has 108 valence electrons. The number of nitrogens with two attached hydrogens (primary N) is 1. The van der Waals surface area contributed by atoms with Crippen LogP contribution in [0.5, 0.6) is 0 Å². The number of carbonyl (C=O) groups is 1.